The van der Waals surface area contributed by atoms with Crippen LogP contribution in [0.4, 0.5) is 15.8 Å². The van der Waals surface area contributed by atoms with Crippen molar-refractivity contribution in [1.82, 2.24) is 0 Å². The Hall–Kier alpha value is -2.07. The van der Waals surface area contributed by atoms with Gasteiger partial charge in [-0.3, -0.25) is 4.79 Å². The SMILES string of the molecule is O=C(Nc1cccc(Cl)c1F)C1CNc2ccccc21. The van der Waals surface area contributed by atoms with E-state index in [0.29, 0.717) is 6.54 Å². The molecule has 0 aromatic heterocycles. The van der Waals surface area contributed by atoms with E-state index in [2.05, 4.69) is 10.6 Å². The van der Waals surface area contributed by atoms with Gasteiger partial charge in [-0.2, -0.15) is 0 Å². The second kappa shape index (κ2) is 5.13. The zero-order valence-electron chi connectivity index (χ0n) is 10.5. The van der Waals surface area contributed by atoms with E-state index in [1.807, 2.05) is 24.3 Å². The van der Waals surface area contributed by atoms with Gasteiger partial charge in [0.2, 0.25) is 5.91 Å². The number of benzene rings is 2. The molecule has 0 aliphatic carbocycles. The Labute approximate surface area is 120 Å². The predicted molar refractivity (Wildman–Crippen MR) is 77.7 cm³/mol. The number of carbonyl (C=O) groups excluding carboxylic acids is 1. The molecule has 1 heterocycles. The summed E-state index contributed by atoms with van der Waals surface area (Å²) in [5, 5.41) is 5.75. The van der Waals surface area contributed by atoms with E-state index in [1.54, 1.807) is 6.07 Å². The molecule has 3 rings (SSSR count). The summed E-state index contributed by atoms with van der Waals surface area (Å²) in [5.41, 5.74) is 1.97. The maximum absolute atomic E-state index is 13.8. The van der Waals surface area contributed by atoms with Crippen LogP contribution in [0.2, 0.25) is 5.02 Å². The summed E-state index contributed by atoms with van der Waals surface area (Å²) in [6.45, 7) is 0.507. The molecule has 1 aliphatic rings. The van der Waals surface area contributed by atoms with Gasteiger partial charge < -0.3 is 10.6 Å². The Balaban J connectivity index is 1.83. The van der Waals surface area contributed by atoms with Crippen LogP contribution in [0.5, 0.6) is 0 Å². The van der Waals surface area contributed by atoms with E-state index in [-0.39, 0.29) is 22.5 Å². The van der Waals surface area contributed by atoms with Crippen LogP contribution in [0.1, 0.15) is 11.5 Å². The molecule has 2 N–H and O–H groups in total. The first-order chi connectivity index (χ1) is 9.66. The van der Waals surface area contributed by atoms with Crippen LogP contribution in [0, 0.1) is 5.82 Å². The molecule has 1 atom stereocenters. The van der Waals surface area contributed by atoms with Gasteiger partial charge in [0.25, 0.3) is 0 Å². The van der Waals surface area contributed by atoms with E-state index >= 15 is 0 Å². The summed E-state index contributed by atoms with van der Waals surface area (Å²) in [6.07, 6.45) is 0. The van der Waals surface area contributed by atoms with E-state index in [4.69, 9.17) is 11.6 Å². The molecule has 0 saturated heterocycles. The van der Waals surface area contributed by atoms with Crippen molar-refractivity contribution in [1.29, 1.82) is 0 Å². The van der Waals surface area contributed by atoms with Gasteiger partial charge in [-0.25, -0.2) is 4.39 Å². The van der Waals surface area contributed by atoms with E-state index in [0.717, 1.165) is 11.3 Å². The molecule has 20 heavy (non-hydrogen) atoms. The van der Waals surface area contributed by atoms with Gasteiger partial charge in [-0.15, -0.1) is 0 Å². The number of hydrogen-bond acceptors (Lipinski definition) is 2. The van der Waals surface area contributed by atoms with Crippen molar-refractivity contribution in [3.05, 3.63) is 58.9 Å². The number of anilines is 2. The molecule has 2 aromatic rings. The van der Waals surface area contributed by atoms with Gasteiger partial charge >= 0.3 is 0 Å². The Morgan fingerprint density at radius 3 is 2.90 bits per heavy atom. The van der Waals surface area contributed by atoms with Crippen LogP contribution >= 0.6 is 11.6 Å². The third kappa shape index (κ3) is 2.23. The van der Waals surface area contributed by atoms with Crippen molar-refractivity contribution in [3.63, 3.8) is 0 Å². The zero-order chi connectivity index (χ0) is 14.1. The molecule has 1 unspecified atom stereocenters. The lowest BCUT2D eigenvalue weighted by molar-refractivity contribution is -0.117. The summed E-state index contributed by atoms with van der Waals surface area (Å²) in [5.74, 6) is -1.19. The second-order valence-electron chi connectivity index (χ2n) is 4.61. The highest BCUT2D eigenvalue weighted by atomic mass is 35.5. The van der Waals surface area contributed by atoms with Crippen molar-refractivity contribution in [2.24, 2.45) is 0 Å². The number of halogens is 2. The quantitative estimate of drug-likeness (QED) is 0.887. The fourth-order valence-corrected chi connectivity index (χ4v) is 2.51. The summed E-state index contributed by atoms with van der Waals surface area (Å²) >= 11 is 5.70. The summed E-state index contributed by atoms with van der Waals surface area (Å²) in [7, 11) is 0. The molecule has 0 spiro atoms. The van der Waals surface area contributed by atoms with Gasteiger partial charge in [0, 0.05) is 12.2 Å². The number of amides is 1. The largest absolute Gasteiger partial charge is 0.384 e. The molecule has 2 aromatic carbocycles. The number of hydrogen-bond donors (Lipinski definition) is 2. The molecule has 5 heteroatoms. The van der Waals surface area contributed by atoms with Crippen molar-refractivity contribution in [2.75, 3.05) is 17.2 Å². The molecular weight excluding hydrogens is 279 g/mol. The Kier molecular flexibility index (Phi) is 3.32. The first kappa shape index (κ1) is 12.9. The van der Waals surface area contributed by atoms with Gasteiger partial charge in [0.15, 0.2) is 5.82 Å². The predicted octanol–water partition coefficient (Wildman–Crippen LogP) is 3.63. The number of rotatable bonds is 2. The number of fused-ring (bicyclic) bond motifs is 1. The third-order valence-electron chi connectivity index (χ3n) is 3.36. The maximum atomic E-state index is 13.8. The summed E-state index contributed by atoms with van der Waals surface area (Å²) in [4.78, 5) is 12.3. The number of carbonyl (C=O) groups is 1. The van der Waals surface area contributed by atoms with Crippen LogP contribution in [0.3, 0.4) is 0 Å². The van der Waals surface area contributed by atoms with Crippen LogP contribution in [0.15, 0.2) is 42.5 Å². The smallest absolute Gasteiger partial charge is 0.233 e. The minimum absolute atomic E-state index is 0.00672. The van der Waals surface area contributed by atoms with Gasteiger partial charge in [-0.05, 0) is 23.8 Å². The molecule has 1 aliphatic heterocycles. The summed E-state index contributed by atoms with van der Waals surface area (Å²) < 4.78 is 13.8. The van der Waals surface area contributed by atoms with Gasteiger partial charge in [0.05, 0.1) is 16.6 Å². The van der Waals surface area contributed by atoms with E-state index in [1.165, 1.54) is 12.1 Å². The van der Waals surface area contributed by atoms with Crippen molar-refractivity contribution < 1.29 is 9.18 Å². The number of nitrogens with one attached hydrogen (secondary N) is 2. The molecule has 102 valence electrons. The molecule has 1 amide bonds. The van der Waals surface area contributed by atoms with E-state index < -0.39 is 5.82 Å². The monoisotopic (exact) mass is 290 g/mol. The third-order valence-corrected chi connectivity index (χ3v) is 3.65. The topological polar surface area (TPSA) is 41.1 Å². The van der Waals surface area contributed by atoms with Gasteiger partial charge in [0.1, 0.15) is 0 Å². The molecule has 0 bridgehead atoms. The zero-order valence-corrected chi connectivity index (χ0v) is 11.2. The Morgan fingerprint density at radius 1 is 1.25 bits per heavy atom. The number of para-hydroxylation sites is 1. The molecule has 0 saturated carbocycles. The second-order valence-corrected chi connectivity index (χ2v) is 5.02. The first-order valence-corrected chi connectivity index (χ1v) is 6.62. The normalized spacial score (nSPS) is 16.4. The fourth-order valence-electron chi connectivity index (χ4n) is 2.34. The van der Waals surface area contributed by atoms with Crippen molar-refractivity contribution in [3.8, 4) is 0 Å². The van der Waals surface area contributed by atoms with Gasteiger partial charge in [-0.1, -0.05) is 35.9 Å². The highest BCUT2D eigenvalue weighted by Gasteiger charge is 2.28. The summed E-state index contributed by atoms with van der Waals surface area (Å²) in [6, 6.07) is 12.1. The Bertz CT molecular complexity index is 675. The lowest BCUT2D eigenvalue weighted by atomic mass is 10.0. The van der Waals surface area contributed by atoms with Crippen LogP contribution in [-0.4, -0.2) is 12.5 Å². The van der Waals surface area contributed by atoms with Crippen LogP contribution in [0.25, 0.3) is 0 Å². The average molecular weight is 291 g/mol. The van der Waals surface area contributed by atoms with Crippen molar-refractivity contribution >= 4 is 28.9 Å². The fraction of sp³-hybridized carbons (Fsp3) is 0.133. The highest BCUT2D eigenvalue weighted by Crippen LogP contribution is 2.32. The van der Waals surface area contributed by atoms with Crippen LogP contribution < -0.4 is 10.6 Å². The maximum Gasteiger partial charge on any atom is 0.233 e. The minimum atomic E-state index is -0.609. The Morgan fingerprint density at radius 2 is 2.05 bits per heavy atom. The molecule has 3 nitrogen and oxygen atoms in total. The lowest BCUT2D eigenvalue weighted by Gasteiger charge is -2.12. The van der Waals surface area contributed by atoms with Crippen LogP contribution in [-0.2, 0) is 4.79 Å². The first-order valence-electron chi connectivity index (χ1n) is 6.24. The average Bonchev–Trinajstić information content (AvgIpc) is 2.88. The lowest BCUT2D eigenvalue weighted by Crippen LogP contribution is -2.23. The molecule has 0 fully saturated rings. The van der Waals surface area contributed by atoms with Crippen molar-refractivity contribution in [2.45, 2.75) is 5.92 Å². The molecule has 0 radical (unpaired) electrons. The molecular formula is C15H12ClFN2O. The highest BCUT2D eigenvalue weighted by molar-refractivity contribution is 6.31. The minimum Gasteiger partial charge on any atom is -0.384 e. The standard InChI is InChI=1S/C15H12ClFN2O/c16-11-5-3-7-13(14(11)17)19-15(20)10-8-18-12-6-2-1-4-9(10)12/h1-7,10,18H,8H2,(H,19,20). The van der Waals surface area contributed by atoms with E-state index in [9.17, 15) is 9.18 Å².